The lowest BCUT2D eigenvalue weighted by Gasteiger charge is -2.34. The Morgan fingerprint density at radius 2 is 2.03 bits per heavy atom. The van der Waals surface area contributed by atoms with Gasteiger partial charge in [-0.3, -0.25) is 14.6 Å². The minimum absolute atomic E-state index is 0.0814. The Bertz CT molecular complexity index is 1370. The van der Waals surface area contributed by atoms with Crippen molar-refractivity contribution in [2.24, 2.45) is 5.92 Å². The highest BCUT2D eigenvalue weighted by molar-refractivity contribution is 7.91. The lowest BCUT2D eigenvalue weighted by atomic mass is 9.98. The number of fused-ring (bicyclic) bond motifs is 1. The Balaban J connectivity index is 1.36. The maximum absolute atomic E-state index is 14.0. The predicted octanol–water partition coefficient (Wildman–Crippen LogP) is 4.18. The largest absolute Gasteiger partial charge is 0.497 e. The van der Waals surface area contributed by atoms with Gasteiger partial charge in [-0.05, 0) is 49.6 Å². The topological polar surface area (TPSA) is 92.3 Å². The monoisotopic (exact) mass is 598 g/mol. The molecule has 1 amide bonds. The third kappa shape index (κ3) is 6.16. The van der Waals surface area contributed by atoms with E-state index in [9.17, 15) is 13.2 Å². The van der Waals surface area contributed by atoms with Gasteiger partial charge in [-0.15, -0.1) is 11.3 Å². The van der Waals surface area contributed by atoms with Crippen molar-refractivity contribution in [1.29, 1.82) is 0 Å². The molecule has 4 heterocycles. The molecule has 0 saturated carbocycles. The summed E-state index contributed by atoms with van der Waals surface area (Å²) in [6, 6.07) is 8.79. The number of benzene rings is 1. The van der Waals surface area contributed by atoms with Crippen LogP contribution in [0.15, 0.2) is 34.5 Å². The molecule has 3 aromatic rings. The Morgan fingerprint density at radius 3 is 2.76 bits per heavy atom. The van der Waals surface area contributed by atoms with E-state index in [2.05, 4.69) is 4.90 Å². The molecule has 2 saturated heterocycles. The van der Waals surface area contributed by atoms with Crippen molar-refractivity contribution >= 4 is 65.6 Å². The van der Waals surface area contributed by atoms with Crippen LogP contribution in [0.1, 0.15) is 19.3 Å². The van der Waals surface area contributed by atoms with Gasteiger partial charge < -0.3 is 9.47 Å². The van der Waals surface area contributed by atoms with Crippen molar-refractivity contribution in [1.82, 2.24) is 14.2 Å². The van der Waals surface area contributed by atoms with E-state index < -0.39 is 15.9 Å². The number of anilines is 1. The van der Waals surface area contributed by atoms with Gasteiger partial charge in [0.15, 0.2) is 5.13 Å². The van der Waals surface area contributed by atoms with Crippen LogP contribution >= 0.6 is 34.3 Å². The normalized spacial score (nSPS) is 19.6. The number of morpholine rings is 1. The SMILES string of the molecule is COc1ccc2nc(N(CCCN3CCOCC3)C(=O)C3CCCN(S(=O)(=O)c4ccc(Cl)s4)C3)sc2c1. The van der Waals surface area contributed by atoms with E-state index >= 15 is 0 Å². The molecule has 0 aliphatic carbocycles. The molecule has 206 valence electrons. The van der Waals surface area contributed by atoms with Crippen molar-refractivity contribution in [3.8, 4) is 5.75 Å². The van der Waals surface area contributed by atoms with Crippen LogP contribution < -0.4 is 9.64 Å². The third-order valence-corrected chi connectivity index (χ3v) is 11.5. The minimum Gasteiger partial charge on any atom is -0.497 e. The van der Waals surface area contributed by atoms with E-state index in [4.69, 9.17) is 26.1 Å². The highest BCUT2D eigenvalue weighted by Gasteiger charge is 2.36. The number of hydrogen-bond acceptors (Lipinski definition) is 9. The number of halogens is 1. The van der Waals surface area contributed by atoms with Crippen molar-refractivity contribution in [2.75, 3.05) is 64.5 Å². The first-order chi connectivity index (χ1) is 18.3. The van der Waals surface area contributed by atoms with Gasteiger partial charge >= 0.3 is 0 Å². The van der Waals surface area contributed by atoms with E-state index in [1.165, 1.54) is 21.7 Å². The maximum atomic E-state index is 14.0. The number of thiophene rings is 1. The average molecular weight is 599 g/mol. The lowest BCUT2D eigenvalue weighted by Crippen LogP contribution is -2.47. The van der Waals surface area contributed by atoms with Gasteiger partial charge in [-0.2, -0.15) is 4.31 Å². The molecule has 0 radical (unpaired) electrons. The maximum Gasteiger partial charge on any atom is 0.252 e. The number of nitrogens with zero attached hydrogens (tertiary/aromatic N) is 4. The second kappa shape index (κ2) is 12.2. The number of carbonyl (C=O) groups is 1. The zero-order chi connectivity index (χ0) is 26.7. The van der Waals surface area contributed by atoms with Crippen LogP contribution in [0, 0.1) is 5.92 Å². The standard InChI is InChI=1S/C25H31ClN4O5S3/c1-34-19-5-6-20-21(16-19)36-25(27-20)30(11-3-9-28-12-14-35-15-13-28)24(31)18-4-2-10-29(17-18)38(32,33)23-8-7-22(26)37-23/h5-8,16,18H,2-4,9-15,17H2,1H3. The smallest absolute Gasteiger partial charge is 0.252 e. The molecule has 1 aromatic carbocycles. The van der Waals surface area contributed by atoms with Gasteiger partial charge in [0.2, 0.25) is 5.91 Å². The quantitative estimate of drug-likeness (QED) is 0.365. The number of amides is 1. The van der Waals surface area contributed by atoms with Gasteiger partial charge in [-0.25, -0.2) is 13.4 Å². The number of methoxy groups -OCH3 is 1. The van der Waals surface area contributed by atoms with Gasteiger partial charge in [0, 0.05) is 39.3 Å². The zero-order valence-electron chi connectivity index (χ0n) is 21.2. The molecule has 2 fully saturated rings. The first-order valence-corrected chi connectivity index (χ1v) is 16.1. The number of piperidine rings is 1. The summed E-state index contributed by atoms with van der Waals surface area (Å²) >= 11 is 8.50. The summed E-state index contributed by atoms with van der Waals surface area (Å²) in [6.07, 6.45) is 2.04. The lowest BCUT2D eigenvalue weighted by molar-refractivity contribution is -0.123. The summed E-state index contributed by atoms with van der Waals surface area (Å²) in [5.74, 6) is 0.209. The summed E-state index contributed by atoms with van der Waals surface area (Å²) in [4.78, 5) is 22.9. The molecular weight excluding hydrogens is 568 g/mol. The Kier molecular flexibility index (Phi) is 8.88. The molecule has 0 N–H and O–H groups in total. The molecule has 2 aliphatic heterocycles. The van der Waals surface area contributed by atoms with Crippen LogP contribution in [0.4, 0.5) is 5.13 Å². The molecule has 13 heteroatoms. The van der Waals surface area contributed by atoms with Gasteiger partial charge in [0.25, 0.3) is 10.0 Å². The molecule has 0 spiro atoms. The fraction of sp³-hybridized carbons (Fsp3) is 0.520. The van der Waals surface area contributed by atoms with Gasteiger partial charge in [-0.1, -0.05) is 22.9 Å². The second-order valence-electron chi connectivity index (χ2n) is 9.39. The Hall–Kier alpha value is -1.80. The molecule has 5 rings (SSSR count). The summed E-state index contributed by atoms with van der Waals surface area (Å²) in [5.41, 5.74) is 0.805. The van der Waals surface area contributed by atoms with Crippen LogP contribution in [-0.4, -0.2) is 88.1 Å². The number of ether oxygens (including phenoxy) is 2. The molecule has 2 aliphatic rings. The van der Waals surface area contributed by atoms with Crippen molar-refractivity contribution in [3.63, 3.8) is 0 Å². The Labute approximate surface area is 236 Å². The predicted molar refractivity (Wildman–Crippen MR) is 151 cm³/mol. The molecular formula is C25H31ClN4O5S3. The van der Waals surface area contributed by atoms with E-state index in [1.807, 2.05) is 18.2 Å². The van der Waals surface area contributed by atoms with Crippen LogP contribution in [0.5, 0.6) is 5.75 Å². The van der Waals surface area contributed by atoms with Crippen LogP contribution in [0.3, 0.4) is 0 Å². The summed E-state index contributed by atoms with van der Waals surface area (Å²) < 4.78 is 40.3. The Morgan fingerprint density at radius 1 is 1.21 bits per heavy atom. The van der Waals surface area contributed by atoms with Crippen LogP contribution in [0.2, 0.25) is 4.34 Å². The number of carbonyl (C=O) groups excluding carboxylic acids is 1. The first kappa shape index (κ1) is 27.8. The number of rotatable bonds is 9. The highest BCUT2D eigenvalue weighted by Crippen LogP contribution is 2.35. The third-order valence-electron chi connectivity index (χ3n) is 6.92. The van der Waals surface area contributed by atoms with E-state index in [-0.39, 0.29) is 16.7 Å². The number of hydrogen-bond donors (Lipinski definition) is 0. The van der Waals surface area contributed by atoms with Crippen molar-refractivity contribution < 1.29 is 22.7 Å². The number of aromatic nitrogens is 1. The molecule has 1 atom stereocenters. The zero-order valence-corrected chi connectivity index (χ0v) is 24.4. The summed E-state index contributed by atoms with van der Waals surface area (Å²) in [5, 5.41) is 0.630. The first-order valence-electron chi connectivity index (χ1n) is 12.7. The molecule has 9 nitrogen and oxygen atoms in total. The number of thiazole rings is 1. The highest BCUT2D eigenvalue weighted by atomic mass is 35.5. The molecule has 38 heavy (non-hydrogen) atoms. The molecule has 2 aromatic heterocycles. The van der Waals surface area contributed by atoms with E-state index in [1.54, 1.807) is 18.1 Å². The second-order valence-corrected chi connectivity index (χ2v) is 14.3. The van der Waals surface area contributed by atoms with Gasteiger partial charge in [0.05, 0.1) is 40.8 Å². The summed E-state index contributed by atoms with van der Waals surface area (Å²) in [6.45, 7) is 5.13. The minimum atomic E-state index is -3.71. The fourth-order valence-corrected chi connectivity index (χ4v) is 9.05. The van der Waals surface area contributed by atoms with Crippen LogP contribution in [0.25, 0.3) is 10.2 Å². The summed E-state index contributed by atoms with van der Waals surface area (Å²) in [7, 11) is -2.08. The van der Waals surface area contributed by atoms with Gasteiger partial charge in [0.1, 0.15) is 9.96 Å². The van der Waals surface area contributed by atoms with Crippen LogP contribution in [-0.2, 0) is 19.6 Å². The van der Waals surface area contributed by atoms with E-state index in [0.717, 1.165) is 66.6 Å². The molecule has 1 unspecified atom stereocenters. The molecule has 0 bridgehead atoms. The fourth-order valence-electron chi connectivity index (χ4n) is 4.86. The average Bonchev–Trinajstić information content (AvgIpc) is 3.57. The van der Waals surface area contributed by atoms with Crippen molar-refractivity contribution in [2.45, 2.75) is 23.5 Å². The van der Waals surface area contributed by atoms with Crippen molar-refractivity contribution in [3.05, 3.63) is 34.7 Å². The number of sulfonamides is 1. The van der Waals surface area contributed by atoms with E-state index in [0.29, 0.717) is 35.4 Å².